The fraction of sp³-hybridized carbons (Fsp3) is 0.350. The molecule has 10 nitrogen and oxygen atoms in total. The van der Waals surface area contributed by atoms with Gasteiger partial charge < -0.3 is 5.32 Å². The number of anilines is 1. The van der Waals surface area contributed by atoms with Crippen LogP contribution in [-0.4, -0.2) is 50.3 Å². The molecule has 172 valence electrons. The second-order valence-corrected chi connectivity index (χ2v) is 11.5. The number of hydrogen-bond donors (Lipinski definition) is 1. The fourth-order valence-corrected chi connectivity index (χ4v) is 6.01. The Kier molecular flexibility index (Phi) is 6.96. The van der Waals surface area contributed by atoms with Crippen LogP contribution >= 0.6 is 0 Å². The molecule has 0 spiro atoms. The number of rotatable bonds is 7. The Morgan fingerprint density at radius 1 is 1.03 bits per heavy atom. The molecular formula is C20H23N3O7S2. The molecule has 1 unspecified atom stereocenters. The van der Waals surface area contributed by atoms with E-state index in [2.05, 4.69) is 5.32 Å². The van der Waals surface area contributed by atoms with Gasteiger partial charge in [-0.05, 0) is 49.2 Å². The number of piperidine rings is 1. The molecule has 12 heteroatoms. The van der Waals surface area contributed by atoms with Crippen molar-refractivity contribution in [2.75, 3.05) is 17.6 Å². The molecule has 0 saturated carbocycles. The van der Waals surface area contributed by atoms with E-state index in [1.807, 2.05) is 0 Å². The van der Waals surface area contributed by atoms with Gasteiger partial charge in [0.05, 0.1) is 20.5 Å². The summed E-state index contributed by atoms with van der Waals surface area (Å²) in [5, 5.41) is 13.5. The number of carbonyl (C=O) groups excluding carboxylic acids is 1. The Bertz CT molecular complexity index is 1210. The molecule has 1 fully saturated rings. The maximum absolute atomic E-state index is 13.1. The second-order valence-electron chi connectivity index (χ2n) is 7.30. The number of carbonyl (C=O) groups is 1. The van der Waals surface area contributed by atoms with Crippen molar-refractivity contribution in [3.05, 3.63) is 58.6 Å². The lowest BCUT2D eigenvalue weighted by Gasteiger charge is -2.33. The maximum Gasteiger partial charge on any atom is 0.269 e. The number of nitrogens with zero attached hydrogens (tertiary/aromatic N) is 2. The molecule has 1 atom stereocenters. The van der Waals surface area contributed by atoms with Gasteiger partial charge in [-0.25, -0.2) is 16.8 Å². The Hall–Kier alpha value is -2.83. The first-order chi connectivity index (χ1) is 15.1. The summed E-state index contributed by atoms with van der Waals surface area (Å²) in [4.78, 5) is 23.1. The van der Waals surface area contributed by atoms with E-state index in [1.165, 1.54) is 31.2 Å². The number of amides is 1. The predicted molar refractivity (Wildman–Crippen MR) is 117 cm³/mol. The highest BCUT2D eigenvalue weighted by Crippen LogP contribution is 2.27. The monoisotopic (exact) mass is 481 g/mol. The van der Waals surface area contributed by atoms with E-state index in [-0.39, 0.29) is 27.8 Å². The summed E-state index contributed by atoms with van der Waals surface area (Å²) < 4.78 is 51.2. The highest BCUT2D eigenvalue weighted by Gasteiger charge is 2.37. The molecule has 2 aromatic rings. The van der Waals surface area contributed by atoms with Gasteiger partial charge in [-0.15, -0.1) is 0 Å². The standard InChI is InChI=1S/C20H23N3O7S2/c1-2-31(27,28)17-10-6-15(7-11-17)21-20(24)19-5-3-4-14-22(19)32(29,30)18-12-8-16(9-13-18)23(25)26/h6-13,19H,2-5,14H2,1H3,(H,21,24). The molecule has 1 aliphatic rings. The van der Waals surface area contributed by atoms with Crippen molar-refractivity contribution in [2.24, 2.45) is 0 Å². The van der Waals surface area contributed by atoms with Crippen LogP contribution in [0.2, 0.25) is 0 Å². The summed E-state index contributed by atoms with van der Waals surface area (Å²) in [7, 11) is -7.42. The van der Waals surface area contributed by atoms with Gasteiger partial charge in [0.2, 0.25) is 15.9 Å². The van der Waals surface area contributed by atoms with Crippen LogP contribution in [-0.2, 0) is 24.7 Å². The van der Waals surface area contributed by atoms with Gasteiger partial charge in [-0.2, -0.15) is 4.31 Å². The average Bonchev–Trinajstić information content (AvgIpc) is 2.79. The minimum Gasteiger partial charge on any atom is -0.325 e. The van der Waals surface area contributed by atoms with Gasteiger partial charge in [0.1, 0.15) is 6.04 Å². The van der Waals surface area contributed by atoms with Crippen LogP contribution in [0.1, 0.15) is 26.2 Å². The number of nitro groups is 1. The zero-order valence-electron chi connectivity index (χ0n) is 17.3. The molecule has 0 bridgehead atoms. The Morgan fingerprint density at radius 3 is 2.19 bits per heavy atom. The topological polar surface area (TPSA) is 144 Å². The van der Waals surface area contributed by atoms with Crippen LogP contribution < -0.4 is 5.32 Å². The number of sulfone groups is 1. The summed E-state index contributed by atoms with van der Waals surface area (Å²) in [6.07, 6.45) is 1.57. The lowest BCUT2D eigenvalue weighted by molar-refractivity contribution is -0.384. The van der Waals surface area contributed by atoms with Gasteiger partial charge in [0.15, 0.2) is 9.84 Å². The maximum atomic E-state index is 13.1. The van der Waals surface area contributed by atoms with E-state index in [0.29, 0.717) is 24.9 Å². The highest BCUT2D eigenvalue weighted by atomic mass is 32.2. The van der Waals surface area contributed by atoms with Crippen LogP contribution in [0.5, 0.6) is 0 Å². The molecular weight excluding hydrogens is 458 g/mol. The number of benzene rings is 2. The molecule has 1 aliphatic heterocycles. The van der Waals surface area contributed by atoms with Gasteiger partial charge in [0, 0.05) is 24.4 Å². The van der Waals surface area contributed by atoms with E-state index in [4.69, 9.17) is 0 Å². The van der Waals surface area contributed by atoms with E-state index in [9.17, 15) is 31.7 Å². The van der Waals surface area contributed by atoms with E-state index in [1.54, 1.807) is 0 Å². The minimum atomic E-state index is -4.05. The Morgan fingerprint density at radius 2 is 1.62 bits per heavy atom. The summed E-state index contributed by atoms with van der Waals surface area (Å²) in [6.45, 7) is 1.68. The van der Waals surface area contributed by atoms with Crippen molar-refractivity contribution >= 4 is 37.1 Å². The fourth-order valence-electron chi connectivity index (χ4n) is 3.47. The molecule has 0 aromatic heterocycles. The number of nitro benzene ring substituents is 1. The van der Waals surface area contributed by atoms with Gasteiger partial charge >= 0.3 is 0 Å². The third kappa shape index (κ3) is 4.97. The predicted octanol–water partition coefficient (Wildman–Crippen LogP) is 2.57. The highest BCUT2D eigenvalue weighted by molar-refractivity contribution is 7.91. The Balaban J connectivity index is 1.81. The number of nitrogens with one attached hydrogen (secondary N) is 1. The van der Waals surface area contributed by atoms with Crippen LogP contribution in [0, 0.1) is 10.1 Å². The lowest BCUT2D eigenvalue weighted by Crippen LogP contribution is -2.49. The lowest BCUT2D eigenvalue weighted by atomic mass is 10.0. The molecule has 0 radical (unpaired) electrons. The molecule has 0 aliphatic carbocycles. The van der Waals surface area contributed by atoms with Crippen molar-refractivity contribution in [3.8, 4) is 0 Å². The van der Waals surface area contributed by atoms with Crippen LogP contribution in [0.15, 0.2) is 58.3 Å². The SMILES string of the molecule is CCS(=O)(=O)c1ccc(NC(=O)C2CCCCN2S(=O)(=O)c2ccc([N+](=O)[O-])cc2)cc1. The Labute approximate surface area is 186 Å². The molecule has 1 amide bonds. The van der Waals surface area contributed by atoms with Gasteiger partial charge in [-0.3, -0.25) is 14.9 Å². The quantitative estimate of drug-likeness (QED) is 0.473. The van der Waals surface area contributed by atoms with E-state index in [0.717, 1.165) is 28.6 Å². The number of hydrogen-bond acceptors (Lipinski definition) is 7. The van der Waals surface area contributed by atoms with Gasteiger partial charge in [0.25, 0.3) is 5.69 Å². The summed E-state index contributed by atoms with van der Waals surface area (Å²) in [5.41, 5.74) is 0.119. The molecule has 3 rings (SSSR count). The van der Waals surface area contributed by atoms with Crippen LogP contribution in [0.4, 0.5) is 11.4 Å². The first-order valence-corrected chi connectivity index (χ1v) is 13.1. The second kappa shape index (κ2) is 9.35. The average molecular weight is 482 g/mol. The first kappa shape index (κ1) is 23.8. The van der Waals surface area contributed by atoms with Crippen molar-refractivity contribution in [2.45, 2.75) is 42.0 Å². The first-order valence-electron chi connectivity index (χ1n) is 9.96. The number of non-ortho nitro benzene ring substituents is 1. The minimum absolute atomic E-state index is 0.0454. The smallest absolute Gasteiger partial charge is 0.269 e. The molecule has 1 saturated heterocycles. The molecule has 1 N–H and O–H groups in total. The summed E-state index contributed by atoms with van der Waals surface area (Å²) >= 11 is 0. The molecule has 32 heavy (non-hydrogen) atoms. The van der Waals surface area contributed by atoms with E-state index < -0.39 is 36.7 Å². The van der Waals surface area contributed by atoms with Crippen molar-refractivity contribution in [3.63, 3.8) is 0 Å². The third-order valence-corrected chi connectivity index (χ3v) is 8.94. The molecule has 1 heterocycles. The van der Waals surface area contributed by atoms with E-state index >= 15 is 0 Å². The van der Waals surface area contributed by atoms with Crippen molar-refractivity contribution < 1.29 is 26.6 Å². The zero-order valence-corrected chi connectivity index (χ0v) is 18.9. The van der Waals surface area contributed by atoms with Crippen molar-refractivity contribution in [1.82, 2.24) is 4.31 Å². The van der Waals surface area contributed by atoms with Gasteiger partial charge in [-0.1, -0.05) is 13.3 Å². The van der Waals surface area contributed by atoms with Crippen molar-refractivity contribution in [1.29, 1.82) is 0 Å². The normalized spacial score (nSPS) is 17.6. The third-order valence-electron chi connectivity index (χ3n) is 5.27. The zero-order chi connectivity index (χ0) is 23.5. The number of sulfonamides is 1. The largest absolute Gasteiger partial charge is 0.325 e. The summed E-state index contributed by atoms with van der Waals surface area (Å²) in [6, 6.07) is 9.27. The molecule has 2 aromatic carbocycles. The summed E-state index contributed by atoms with van der Waals surface area (Å²) in [5.74, 6) is -0.572. The van der Waals surface area contributed by atoms with Crippen LogP contribution in [0.25, 0.3) is 0 Å². The van der Waals surface area contributed by atoms with Crippen LogP contribution in [0.3, 0.4) is 0 Å².